The smallest absolute Gasteiger partial charge is 0.292 e. The quantitative estimate of drug-likeness (QED) is 0.263. The van der Waals surface area contributed by atoms with E-state index in [1.54, 1.807) is 55.5 Å². The Morgan fingerprint density at radius 3 is 2.54 bits per heavy atom. The fraction of sp³-hybridized carbons (Fsp3) is 0.0769. The van der Waals surface area contributed by atoms with Crippen molar-refractivity contribution >= 4 is 47.3 Å². The summed E-state index contributed by atoms with van der Waals surface area (Å²) in [6, 6.07) is 17.3. The van der Waals surface area contributed by atoms with Crippen LogP contribution < -0.4 is 16.4 Å². The van der Waals surface area contributed by atoms with Crippen LogP contribution in [-0.2, 0) is 4.79 Å². The molecule has 0 saturated carbocycles. The number of anilines is 2. The molecule has 37 heavy (non-hydrogen) atoms. The first-order valence-electron chi connectivity index (χ1n) is 10.7. The van der Waals surface area contributed by atoms with Crippen molar-refractivity contribution < 1.29 is 19.1 Å². The van der Waals surface area contributed by atoms with E-state index in [0.717, 1.165) is 0 Å². The van der Waals surface area contributed by atoms with E-state index in [0.29, 0.717) is 27.4 Å². The normalized spacial score (nSPS) is 11.1. The first-order chi connectivity index (χ1) is 17.3. The van der Waals surface area contributed by atoms with E-state index in [2.05, 4.69) is 21.7 Å². The van der Waals surface area contributed by atoms with E-state index in [1.807, 2.05) is 0 Å². The summed E-state index contributed by atoms with van der Waals surface area (Å²) < 4.78 is 5.15. The number of hydrogen-bond acceptors (Lipinski definition) is 7. The molecule has 2 heterocycles. The van der Waals surface area contributed by atoms with Gasteiger partial charge < -0.3 is 25.9 Å². The van der Waals surface area contributed by atoms with Crippen molar-refractivity contribution in [1.82, 2.24) is 4.98 Å². The second kappa shape index (κ2) is 11.6. The number of phenolic OH excluding ortho intramolecular Hbond substituents is 1. The van der Waals surface area contributed by atoms with Gasteiger partial charge in [0.15, 0.2) is 11.6 Å². The molecule has 4 rings (SSSR count). The van der Waals surface area contributed by atoms with Crippen molar-refractivity contribution in [1.29, 1.82) is 5.26 Å². The Labute approximate surface area is 223 Å². The molecule has 0 saturated heterocycles. The lowest BCUT2D eigenvalue weighted by atomic mass is 9.97. The number of hydrogen-bond donors (Lipinski definition) is 4. The van der Waals surface area contributed by atoms with Crippen molar-refractivity contribution in [3.8, 4) is 34.2 Å². The summed E-state index contributed by atoms with van der Waals surface area (Å²) in [6.45, 7) is 1.56. The van der Waals surface area contributed by atoms with Crippen LogP contribution in [-0.4, -0.2) is 27.9 Å². The molecule has 1 atom stereocenters. The number of aromatic hydroxyl groups is 1. The number of amides is 2. The molecule has 0 radical (unpaired) electrons. The molecule has 9 nitrogen and oxygen atoms in total. The number of carbonyl (C=O) groups is 2. The number of furan rings is 1. The van der Waals surface area contributed by atoms with Gasteiger partial charge in [-0.05, 0) is 61.0 Å². The van der Waals surface area contributed by atoms with Gasteiger partial charge in [-0.15, -0.1) is 12.4 Å². The molecule has 5 N–H and O–H groups in total. The molecule has 188 valence electrons. The van der Waals surface area contributed by atoms with Crippen molar-refractivity contribution in [2.24, 2.45) is 5.73 Å². The van der Waals surface area contributed by atoms with E-state index >= 15 is 0 Å². The van der Waals surface area contributed by atoms with Crippen LogP contribution in [0.25, 0.3) is 22.4 Å². The molecular formula is C26H21Cl2N5O4. The lowest BCUT2D eigenvalue weighted by Gasteiger charge is -2.15. The number of nitriles is 1. The number of nitrogens with one attached hydrogen (secondary N) is 2. The lowest BCUT2D eigenvalue weighted by Crippen LogP contribution is -2.32. The lowest BCUT2D eigenvalue weighted by molar-refractivity contribution is -0.117. The summed E-state index contributed by atoms with van der Waals surface area (Å²) in [5.41, 5.74) is 7.76. The highest BCUT2D eigenvalue weighted by Gasteiger charge is 2.20. The molecule has 0 aliphatic heterocycles. The van der Waals surface area contributed by atoms with Crippen LogP contribution in [0.1, 0.15) is 23.0 Å². The summed E-state index contributed by atoms with van der Waals surface area (Å²) in [6.07, 6.45) is 1.35. The minimum absolute atomic E-state index is 0. The van der Waals surface area contributed by atoms with E-state index < -0.39 is 11.9 Å². The molecule has 2 aromatic carbocycles. The highest BCUT2D eigenvalue weighted by Crippen LogP contribution is 2.37. The van der Waals surface area contributed by atoms with E-state index in [4.69, 9.17) is 21.8 Å². The molecule has 0 aliphatic carbocycles. The fourth-order valence-corrected chi connectivity index (χ4v) is 3.60. The topological polar surface area (TPSA) is 154 Å². The second-order valence-corrected chi connectivity index (χ2v) is 8.28. The minimum Gasteiger partial charge on any atom is -0.507 e. The SMILES string of the molecule is C[C@@H](N)C(=O)Nc1cccc(-c2cc(-c3ccc(Cl)cc3O)nc(NC(=O)c3ccco3)c2C#N)c1.Cl. The average Bonchev–Trinajstić information content (AvgIpc) is 3.39. The molecule has 4 aromatic rings. The van der Waals surface area contributed by atoms with Gasteiger partial charge >= 0.3 is 0 Å². The van der Waals surface area contributed by atoms with Crippen molar-refractivity contribution in [2.45, 2.75) is 13.0 Å². The van der Waals surface area contributed by atoms with Gasteiger partial charge in [0.2, 0.25) is 5.91 Å². The monoisotopic (exact) mass is 537 g/mol. The second-order valence-electron chi connectivity index (χ2n) is 7.84. The van der Waals surface area contributed by atoms with Crippen molar-refractivity contribution in [2.75, 3.05) is 10.6 Å². The first kappa shape index (κ1) is 27.2. The van der Waals surface area contributed by atoms with E-state index in [9.17, 15) is 20.0 Å². The predicted octanol–water partition coefficient (Wildman–Crippen LogP) is 5.20. The Balaban J connectivity index is 0.00000380. The fourth-order valence-electron chi connectivity index (χ4n) is 3.43. The van der Waals surface area contributed by atoms with Gasteiger partial charge in [0.1, 0.15) is 17.4 Å². The van der Waals surface area contributed by atoms with Crippen LogP contribution >= 0.6 is 24.0 Å². The van der Waals surface area contributed by atoms with Crippen LogP contribution in [0.5, 0.6) is 5.75 Å². The first-order valence-corrected chi connectivity index (χ1v) is 11.1. The zero-order chi connectivity index (χ0) is 25.8. The third-order valence-electron chi connectivity index (χ3n) is 5.20. The summed E-state index contributed by atoms with van der Waals surface area (Å²) >= 11 is 5.98. The Hall–Kier alpha value is -4.36. The molecule has 0 fully saturated rings. The number of benzene rings is 2. The highest BCUT2D eigenvalue weighted by atomic mass is 35.5. The van der Waals surface area contributed by atoms with Crippen LogP contribution in [0.4, 0.5) is 11.5 Å². The van der Waals surface area contributed by atoms with Gasteiger partial charge in [0.05, 0.1) is 18.0 Å². The van der Waals surface area contributed by atoms with E-state index in [1.165, 1.54) is 18.4 Å². The summed E-state index contributed by atoms with van der Waals surface area (Å²) in [5, 5.41) is 26.2. The van der Waals surface area contributed by atoms with Crippen LogP contribution in [0.2, 0.25) is 5.02 Å². The molecule has 2 aromatic heterocycles. The number of nitrogens with zero attached hydrogens (tertiary/aromatic N) is 2. The van der Waals surface area contributed by atoms with Gasteiger partial charge in [-0.25, -0.2) is 4.98 Å². The van der Waals surface area contributed by atoms with Gasteiger partial charge in [-0.3, -0.25) is 9.59 Å². The zero-order valence-corrected chi connectivity index (χ0v) is 20.9. The minimum atomic E-state index is -0.716. The number of nitrogens with two attached hydrogens (primary N) is 1. The standard InChI is InChI=1S/C26H20ClN5O4.ClH/c1-14(29)25(34)30-17-5-2-4-15(10-17)19-12-21(18-8-7-16(27)11-22(18)33)31-24(20(19)13-28)32-26(35)23-6-3-9-36-23;/h2-12,14,33H,29H2,1H3,(H,30,34)(H,31,32,35);1H/t14-;/m1./s1. The number of pyridine rings is 1. The van der Waals surface area contributed by atoms with Crippen LogP contribution in [0.15, 0.2) is 71.3 Å². The summed E-state index contributed by atoms with van der Waals surface area (Å²) in [7, 11) is 0. The summed E-state index contributed by atoms with van der Waals surface area (Å²) in [4.78, 5) is 29.2. The predicted molar refractivity (Wildman–Crippen MR) is 143 cm³/mol. The summed E-state index contributed by atoms with van der Waals surface area (Å²) in [5.74, 6) is -1.12. The molecule has 0 aliphatic rings. The number of halogens is 2. The third-order valence-corrected chi connectivity index (χ3v) is 5.43. The molecule has 0 spiro atoms. The van der Waals surface area contributed by atoms with Gasteiger partial charge in [-0.1, -0.05) is 23.7 Å². The highest BCUT2D eigenvalue weighted by molar-refractivity contribution is 6.30. The number of aromatic nitrogens is 1. The zero-order valence-electron chi connectivity index (χ0n) is 19.4. The Morgan fingerprint density at radius 2 is 1.89 bits per heavy atom. The molecular weight excluding hydrogens is 517 g/mol. The molecule has 2 amide bonds. The van der Waals surface area contributed by atoms with Crippen molar-refractivity contribution in [3.05, 3.63) is 83.3 Å². The van der Waals surface area contributed by atoms with Gasteiger partial charge in [0.25, 0.3) is 5.91 Å². The van der Waals surface area contributed by atoms with Gasteiger partial charge in [-0.2, -0.15) is 5.26 Å². The maximum atomic E-state index is 12.7. The maximum Gasteiger partial charge on any atom is 0.292 e. The van der Waals surface area contributed by atoms with Crippen LogP contribution in [0.3, 0.4) is 0 Å². The average molecular weight is 538 g/mol. The number of carbonyl (C=O) groups excluding carboxylic acids is 2. The maximum absolute atomic E-state index is 12.7. The van der Waals surface area contributed by atoms with Gasteiger partial charge in [0, 0.05) is 21.8 Å². The van der Waals surface area contributed by atoms with Crippen molar-refractivity contribution in [3.63, 3.8) is 0 Å². The Kier molecular flexibility index (Phi) is 8.52. The number of phenols is 1. The molecule has 0 bridgehead atoms. The molecule has 0 unspecified atom stereocenters. The van der Waals surface area contributed by atoms with Crippen LogP contribution in [0, 0.1) is 11.3 Å². The Morgan fingerprint density at radius 1 is 1.11 bits per heavy atom. The third kappa shape index (κ3) is 6.08. The molecule has 11 heteroatoms. The Bertz CT molecular complexity index is 1500. The number of rotatable bonds is 6. The largest absolute Gasteiger partial charge is 0.507 e. The van der Waals surface area contributed by atoms with E-state index in [-0.39, 0.29) is 46.9 Å².